The first-order chi connectivity index (χ1) is 11.2. The Bertz CT molecular complexity index is 703. The number of carbonyl (C=O) groups excluding carboxylic acids is 2. The van der Waals surface area contributed by atoms with Crippen molar-refractivity contribution in [3.8, 4) is 0 Å². The van der Waals surface area contributed by atoms with Crippen LogP contribution in [0.25, 0.3) is 0 Å². The molecule has 0 spiro atoms. The quantitative estimate of drug-likeness (QED) is 0.759. The van der Waals surface area contributed by atoms with Gasteiger partial charge in [-0.2, -0.15) is 0 Å². The van der Waals surface area contributed by atoms with Crippen molar-refractivity contribution < 1.29 is 14.3 Å². The topological polar surface area (TPSA) is 79.5 Å². The number of hydrogen-bond donors (Lipinski definition) is 3. The van der Waals surface area contributed by atoms with Gasteiger partial charge < -0.3 is 20.7 Å². The first-order valence-corrected chi connectivity index (χ1v) is 7.37. The molecule has 23 heavy (non-hydrogen) atoms. The highest BCUT2D eigenvalue weighted by Crippen LogP contribution is 2.25. The van der Waals surface area contributed by atoms with Gasteiger partial charge in [0.2, 0.25) is 0 Å². The Labute approximate surface area is 133 Å². The predicted molar refractivity (Wildman–Crippen MR) is 87.7 cm³/mol. The lowest BCUT2D eigenvalue weighted by Crippen LogP contribution is -2.40. The Morgan fingerprint density at radius 1 is 1.00 bits per heavy atom. The molecule has 3 N–H and O–H groups in total. The van der Waals surface area contributed by atoms with E-state index in [1.54, 1.807) is 6.07 Å². The summed E-state index contributed by atoms with van der Waals surface area (Å²) < 4.78 is 4.83. The molecule has 2 amide bonds. The average Bonchev–Trinajstić information content (AvgIpc) is 2.95. The fourth-order valence-corrected chi connectivity index (χ4v) is 2.32. The van der Waals surface area contributed by atoms with Crippen molar-refractivity contribution in [2.24, 2.45) is 0 Å². The fourth-order valence-electron chi connectivity index (χ4n) is 2.32. The number of rotatable bonds is 4. The van der Waals surface area contributed by atoms with Gasteiger partial charge in [0.25, 0.3) is 0 Å². The molecule has 1 aliphatic rings. The molecule has 0 radical (unpaired) electrons. The van der Waals surface area contributed by atoms with Gasteiger partial charge in [-0.1, -0.05) is 30.3 Å². The number of para-hydroxylation sites is 3. The molecule has 0 bridgehead atoms. The molecule has 0 unspecified atom stereocenters. The molecule has 2 aromatic carbocycles. The maximum absolute atomic E-state index is 12.1. The van der Waals surface area contributed by atoms with Crippen molar-refractivity contribution in [1.82, 2.24) is 5.32 Å². The largest absolute Gasteiger partial charge is 0.464 e. The highest BCUT2D eigenvalue weighted by Gasteiger charge is 2.27. The lowest BCUT2D eigenvalue weighted by atomic mass is 10.2. The Kier molecular flexibility index (Phi) is 4.42. The maximum atomic E-state index is 12.1. The lowest BCUT2D eigenvalue weighted by Gasteiger charge is -2.14. The number of nitrogens with one attached hydrogen (secondary N) is 3. The minimum absolute atomic E-state index is 0.343. The summed E-state index contributed by atoms with van der Waals surface area (Å²) in [5.41, 5.74) is 2.31. The van der Waals surface area contributed by atoms with E-state index in [1.807, 2.05) is 48.5 Å². The molecule has 1 atom stereocenters. The van der Waals surface area contributed by atoms with Gasteiger partial charge in [-0.25, -0.2) is 9.59 Å². The summed E-state index contributed by atoms with van der Waals surface area (Å²) in [5.74, 6) is -0.393. The molecule has 1 heterocycles. The summed E-state index contributed by atoms with van der Waals surface area (Å²) in [7, 11) is 0. The summed E-state index contributed by atoms with van der Waals surface area (Å²) in [6.07, 6.45) is 0.496. The van der Waals surface area contributed by atoms with Crippen molar-refractivity contribution in [3.05, 3.63) is 54.6 Å². The molecule has 2 aromatic rings. The third-order valence-corrected chi connectivity index (χ3v) is 3.47. The molecule has 0 aromatic heterocycles. The van der Waals surface area contributed by atoms with E-state index in [0.29, 0.717) is 18.7 Å². The third-order valence-electron chi connectivity index (χ3n) is 3.47. The molecular weight excluding hydrogens is 294 g/mol. The van der Waals surface area contributed by atoms with Crippen LogP contribution in [0, 0.1) is 0 Å². The summed E-state index contributed by atoms with van der Waals surface area (Å²) in [6.45, 7) is 0.343. The highest BCUT2D eigenvalue weighted by atomic mass is 16.5. The van der Waals surface area contributed by atoms with E-state index in [0.717, 1.165) is 11.4 Å². The Morgan fingerprint density at radius 3 is 2.39 bits per heavy atom. The number of urea groups is 1. The summed E-state index contributed by atoms with van der Waals surface area (Å²) in [5, 5.41) is 8.62. The van der Waals surface area contributed by atoms with Crippen LogP contribution in [0.3, 0.4) is 0 Å². The van der Waals surface area contributed by atoms with E-state index in [4.69, 9.17) is 4.74 Å². The third kappa shape index (κ3) is 3.79. The second kappa shape index (κ2) is 6.83. The normalized spacial score (nSPS) is 16.5. The Hall–Kier alpha value is -3.02. The Balaban J connectivity index is 1.68. The fraction of sp³-hybridized carbons (Fsp3) is 0.176. The SMILES string of the molecule is O=C(Nc1ccccc1Nc1ccccc1)N[C@H]1CCOC1=O. The van der Waals surface area contributed by atoms with E-state index in [9.17, 15) is 9.59 Å². The van der Waals surface area contributed by atoms with Crippen molar-refractivity contribution in [3.63, 3.8) is 0 Å². The van der Waals surface area contributed by atoms with E-state index in [2.05, 4.69) is 16.0 Å². The second-order valence-electron chi connectivity index (χ2n) is 5.14. The van der Waals surface area contributed by atoms with Crippen molar-refractivity contribution >= 4 is 29.1 Å². The van der Waals surface area contributed by atoms with Crippen LogP contribution >= 0.6 is 0 Å². The number of anilines is 3. The second-order valence-corrected chi connectivity index (χ2v) is 5.14. The Morgan fingerprint density at radius 2 is 1.70 bits per heavy atom. The van der Waals surface area contributed by atoms with Crippen LogP contribution in [0.15, 0.2) is 54.6 Å². The first-order valence-electron chi connectivity index (χ1n) is 7.37. The smallest absolute Gasteiger partial charge is 0.328 e. The minimum Gasteiger partial charge on any atom is -0.464 e. The molecule has 3 rings (SSSR count). The molecule has 118 valence electrons. The van der Waals surface area contributed by atoms with Gasteiger partial charge in [-0.3, -0.25) is 0 Å². The van der Waals surface area contributed by atoms with Crippen LogP contribution in [-0.2, 0) is 9.53 Å². The molecule has 1 fully saturated rings. The van der Waals surface area contributed by atoms with Crippen molar-refractivity contribution in [1.29, 1.82) is 0 Å². The monoisotopic (exact) mass is 311 g/mol. The number of hydrogen-bond acceptors (Lipinski definition) is 4. The summed E-state index contributed by atoms with van der Waals surface area (Å²) in [6, 6.07) is 16.0. The van der Waals surface area contributed by atoms with E-state index in [-0.39, 0.29) is 0 Å². The maximum Gasteiger partial charge on any atom is 0.328 e. The van der Waals surface area contributed by atoms with Crippen LogP contribution in [0.4, 0.5) is 21.9 Å². The number of amides is 2. The van der Waals surface area contributed by atoms with Gasteiger partial charge in [-0.05, 0) is 24.3 Å². The van der Waals surface area contributed by atoms with Gasteiger partial charge in [0, 0.05) is 12.1 Å². The van der Waals surface area contributed by atoms with Crippen LogP contribution in [0.5, 0.6) is 0 Å². The zero-order valence-electron chi connectivity index (χ0n) is 12.4. The number of benzene rings is 2. The summed E-state index contributed by atoms with van der Waals surface area (Å²) in [4.78, 5) is 23.5. The molecular formula is C17H17N3O3. The van der Waals surface area contributed by atoms with Crippen LogP contribution < -0.4 is 16.0 Å². The molecule has 0 aliphatic carbocycles. The predicted octanol–water partition coefficient (Wildman–Crippen LogP) is 2.87. The van der Waals surface area contributed by atoms with Gasteiger partial charge in [0.05, 0.1) is 18.0 Å². The van der Waals surface area contributed by atoms with Gasteiger partial charge in [0.1, 0.15) is 6.04 Å². The molecule has 1 saturated heterocycles. The van der Waals surface area contributed by atoms with E-state index in [1.165, 1.54) is 0 Å². The molecule has 0 saturated carbocycles. The van der Waals surface area contributed by atoms with E-state index < -0.39 is 18.0 Å². The average molecular weight is 311 g/mol. The van der Waals surface area contributed by atoms with Gasteiger partial charge >= 0.3 is 12.0 Å². The number of esters is 1. The minimum atomic E-state index is -0.579. The molecule has 6 heteroatoms. The van der Waals surface area contributed by atoms with Crippen LogP contribution in [0.1, 0.15) is 6.42 Å². The standard InChI is InChI=1S/C17H17N3O3/c21-16-15(10-11-23-16)20-17(22)19-14-9-5-4-8-13(14)18-12-6-2-1-3-7-12/h1-9,15,18H,10-11H2,(H2,19,20,22)/t15-/m0/s1. The number of cyclic esters (lactones) is 1. The number of ether oxygens (including phenoxy) is 1. The zero-order valence-corrected chi connectivity index (χ0v) is 12.4. The van der Waals surface area contributed by atoms with Crippen molar-refractivity contribution in [2.45, 2.75) is 12.5 Å². The first kappa shape index (κ1) is 14.9. The zero-order chi connectivity index (χ0) is 16.1. The van der Waals surface area contributed by atoms with E-state index >= 15 is 0 Å². The lowest BCUT2D eigenvalue weighted by molar-refractivity contribution is -0.139. The van der Waals surface area contributed by atoms with Crippen LogP contribution in [0.2, 0.25) is 0 Å². The summed E-state index contributed by atoms with van der Waals surface area (Å²) >= 11 is 0. The van der Waals surface area contributed by atoms with Gasteiger partial charge in [0.15, 0.2) is 0 Å². The van der Waals surface area contributed by atoms with Crippen LogP contribution in [-0.4, -0.2) is 24.6 Å². The van der Waals surface area contributed by atoms with Gasteiger partial charge in [-0.15, -0.1) is 0 Å². The molecule has 6 nitrogen and oxygen atoms in total. The molecule has 1 aliphatic heterocycles. The highest BCUT2D eigenvalue weighted by molar-refractivity contribution is 5.96. The number of carbonyl (C=O) groups is 2. The van der Waals surface area contributed by atoms with Crippen molar-refractivity contribution in [2.75, 3.05) is 17.2 Å².